The second-order valence-electron chi connectivity index (χ2n) is 5.91. The lowest BCUT2D eigenvalue weighted by Gasteiger charge is -2.16. The van der Waals surface area contributed by atoms with Gasteiger partial charge >= 0.3 is 0 Å². The predicted molar refractivity (Wildman–Crippen MR) is 106 cm³/mol. The SMILES string of the molecule is CSc1ccccc1NC(=O)c1cc(S(=O)(=O)N2CCCC2)ccc1Cl. The van der Waals surface area contributed by atoms with Crippen molar-refractivity contribution in [2.75, 3.05) is 24.7 Å². The normalized spacial score (nSPS) is 15.2. The molecule has 0 saturated carbocycles. The summed E-state index contributed by atoms with van der Waals surface area (Å²) in [5.41, 5.74) is 0.803. The van der Waals surface area contributed by atoms with Crippen molar-refractivity contribution >= 4 is 45.0 Å². The fourth-order valence-corrected chi connectivity index (χ4v) is 5.15. The molecular weight excluding hydrogens is 392 g/mol. The largest absolute Gasteiger partial charge is 0.321 e. The van der Waals surface area contributed by atoms with Gasteiger partial charge in [-0.25, -0.2) is 8.42 Å². The molecule has 1 amide bonds. The maximum Gasteiger partial charge on any atom is 0.257 e. The Morgan fingerprint density at radius 2 is 1.85 bits per heavy atom. The molecule has 1 aliphatic rings. The highest BCUT2D eigenvalue weighted by Gasteiger charge is 2.28. The van der Waals surface area contributed by atoms with Gasteiger partial charge in [0.1, 0.15) is 0 Å². The van der Waals surface area contributed by atoms with E-state index in [9.17, 15) is 13.2 Å². The molecule has 1 N–H and O–H groups in total. The Bertz CT molecular complexity index is 926. The summed E-state index contributed by atoms with van der Waals surface area (Å²) in [6.45, 7) is 1.02. The van der Waals surface area contributed by atoms with E-state index in [1.165, 1.54) is 34.3 Å². The van der Waals surface area contributed by atoms with Gasteiger partial charge in [0.05, 0.1) is 21.2 Å². The van der Waals surface area contributed by atoms with Crippen molar-refractivity contribution in [3.8, 4) is 0 Å². The van der Waals surface area contributed by atoms with Crippen molar-refractivity contribution in [3.63, 3.8) is 0 Å². The molecule has 0 unspecified atom stereocenters. The Morgan fingerprint density at radius 1 is 1.15 bits per heavy atom. The molecule has 2 aromatic rings. The molecule has 0 atom stereocenters. The van der Waals surface area contributed by atoms with Gasteiger partial charge in [0.25, 0.3) is 5.91 Å². The number of benzene rings is 2. The van der Waals surface area contributed by atoms with Gasteiger partial charge in [-0.2, -0.15) is 4.31 Å². The number of amides is 1. The van der Waals surface area contributed by atoms with Gasteiger partial charge in [0.2, 0.25) is 10.0 Å². The Hall–Kier alpha value is -1.54. The van der Waals surface area contributed by atoms with E-state index in [0.29, 0.717) is 18.8 Å². The second kappa shape index (κ2) is 8.00. The summed E-state index contributed by atoms with van der Waals surface area (Å²) in [7, 11) is -3.61. The Labute approximate surface area is 162 Å². The van der Waals surface area contributed by atoms with E-state index < -0.39 is 15.9 Å². The van der Waals surface area contributed by atoms with Crippen molar-refractivity contribution in [1.29, 1.82) is 0 Å². The summed E-state index contributed by atoms with van der Waals surface area (Å²) >= 11 is 7.68. The van der Waals surface area contributed by atoms with Crippen LogP contribution in [-0.2, 0) is 10.0 Å². The van der Waals surface area contributed by atoms with Crippen molar-refractivity contribution in [1.82, 2.24) is 4.31 Å². The zero-order chi connectivity index (χ0) is 18.7. The van der Waals surface area contributed by atoms with Crippen molar-refractivity contribution in [2.45, 2.75) is 22.6 Å². The highest BCUT2D eigenvalue weighted by atomic mass is 35.5. The summed E-state index contributed by atoms with van der Waals surface area (Å²) in [6.07, 6.45) is 3.62. The number of nitrogens with zero attached hydrogens (tertiary/aromatic N) is 1. The average Bonchev–Trinajstić information content (AvgIpc) is 3.18. The average molecular weight is 411 g/mol. The van der Waals surface area contributed by atoms with Gasteiger partial charge in [0.15, 0.2) is 0 Å². The molecular formula is C18H19ClN2O3S2. The van der Waals surface area contributed by atoms with Crippen LogP contribution in [0, 0.1) is 0 Å². The predicted octanol–water partition coefficient (Wildman–Crippen LogP) is 4.10. The molecule has 1 aliphatic heterocycles. The fraction of sp³-hybridized carbons (Fsp3) is 0.278. The zero-order valence-corrected chi connectivity index (χ0v) is 16.6. The summed E-state index contributed by atoms with van der Waals surface area (Å²) in [6, 6.07) is 11.7. The van der Waals surface area contributed by atoms with E-state index in [0.717, 1.165) is 17.7 Å². The highest BCUT2D eigenvalue weighted by Crippen LogP contribution is 2.28. The maximum absolute atomic E-state index is 12.7. The molecule has 0 bridgehead atoms. The topological polar surface area (TPSA) is 66.5 Å². The monoisotopic (exact) mass is 410 g/mol. The van der Waals surface area contributed by atoms with Crippen molar-refractivity contribution in [3.05, 3.63) is 53.1 Å². The molecule has 1 fully saturated rings. The molecule has 26 heavy (non-hydrogen) atoms. The van der Waals surface area contributed by atoms with Crippen LogP contribution in [0.1, 0.15) is 23.2 Å². The van der Waals surface area contributed by atoms with Gasteiger partial charge in [0, 0.05) is 18.0 Å². The zero-order valence-electron chi connectivity index (χ0n) is 14.2. The molecule has 3 rings (SSSR count). The molecule has 8 heteroatoms. The number of rotatable bonds is 5. The number of anilines is 1. The molecule has 1 heterocycles. The van der Waals surface area contributed by atoms with Crippen LogP contribution in [0.25, 0.3) is 0 Å². The third-order valence-electron chi connectivity index (χ3n) is 4.24. The summed E-state index contributed by atoms with van der Waals surface area (Å²) in [4.78, 5) is 13.7. The van der Waals surface area contributed by atoms with E-state index in [1.54, 1.807) is 6.07 Å². The number of hydrogen-bond acceptors (Lipinski definition) is 4. The van der Waals surface area contributed by atoms with Crippen molar-refractivity contribution < 1.29 is 13.2 Å². The molecule has 0 aromatic heterocycles. The smallest absolute Gasteiger partial charge is 0.257 e. The minimum Gasteiger partial charge on any atom is -0.321 e. The van der Waals surface area contributed by atoms with Crippen LogP contribution < -0.4 is 5.32 Å². The third-order valence-corrected chi connectivity index (χ3v) is 7.26. The number of carbonyl (C=O) groups is 1. The summed E-state index contributed by atoms with van der Waals surface area (Å²) < 4.78 is 26.9. The van der Waals surface area contributed by atoms with Crippen LogP contribution in [0.5, 0.6) is 0 Å². The lowest BCUT2D eigenvalue weighted by Crippen LogP contribution is -2.28. The maximum atomic E-state index is 12.7. The number of carbonyl (C=O) groups excluding carboxylic acids is 1. The van der Waals surface area contributed by atoms with Crippen LogP contribution in [-0.4, -0.2) is 38.0 Å². The van der Waals surface area contributed by atoms with Gasteiger partial charge in [-0.15, -0.1) is 11.8 Å². The Morgan fingerprint density at radius 3 is 2.54 bits per heavy atom. The number of sulfonamides is 1. The summed E-state index contributed by atoms with van der Waals surface area (Å²) in [5, 5.41) is 3.03. The molecule has 2 aromatic carbocycles. The van der Waals surface area contributed by atoms with Crippen molar-refractivity contribution in [2.24, 2.45) is 0 Å². The van der Waals surface area contributed by atoms with E-state index in [2.05, 4.69) is 5.32 Å². The van der Waals surface area contributed by atoms with E-state index >= 15 is 0 Å². The first-order chi connectivity index (χ1) is 12.4. The Kier molecular flexibility index (Phi) is 5.92. The summed E-state index contributed by atoms with van der Waals surface area (Å²) in [5.74, 6) is -0.435. The van der Waals surface area contributed by atoms with Gasteiger partial charge in [-0.3, -0.25) is 4.79 Å². The number of para-hydroxylation sites is 1. The van der Waals surface area contributed by atoms with E-state index in [-0.39, 0.29) is 15.5 Å². The quantitative estimate of drug-likeness (QED) is 0.753. The van der Waals surface area contributed by atoms with Gasteiger partial charge in [-0.05, 0) is 49.4 Å². The molecule has 0 spiro atoms. The molecule has 0 aliphatic carbocycles. The van der Waals surface area contributed by atoms with Gasteiger partial charge < -0.3 is 5.32 Å². The molecule has 1 saturated heterocycles. The first kappa shape index (κ1) is 19.2. The highest BCUT2D eigenvalue weighted by molar-refractivity contribution is 7.98. The van der Waals surface area contributed by atoms with Crippen LogP contribution >= 0.6 is 23.4 Å². The molecule has 5 nitrogen and oxygen atoms in total. The van der Waals surface area contributed by atoms with E-state index in [1.807, 2.05) is 24.5 Å². The third kappa shape index (κ3) is 3.91. The van der Waals surface area contributed by atoms with Gasteiger partial charge in [-0.1, -0.05) is 23.7 Å². The second-order valence-corrected chi connectivity index (χ2v) is 9.10. The number of hydrogen-bond donors (Lipinski definition) is 1. The first-order valence-corrected chi connectivity index (χ1v) is 11.2. The lowest BCUT2D eigenvalue weighted by atomic mass is 10.2. The molecule has 138 valence electrons. The van der Waals surface area contributed by atoms with E-state index in [4.69, 9.17) is 11.6 Å². The first-order valence-electron chi connectivity index (χ1n) is 8.17. The van der Waals surface area contributed by atoms with Crippen LogP contribution in [0.3, 0.4) is 0 Å². The number of halogens is 1. The van der Waals surface area contributed by atoms with Crippen LogP contribution in [0.4, 0.5) is 5.69 Å². The minimum absolute atomic E-state index is 0.0899. The lowest BCUT2D eigenvalue weighted by molar-refractivity contribution is 0.102. The fourth-order valence-electron chi connectivity index (χ4n) is 2.85. The molecule has 0 radical (unpaired) electrons. The standard InChI is InChI=1S/C18H19ClN2O3S2/c1-25-17-7-3-2-6-16(17)20-18(22)14-12-13(8-9-15(14)19)26(23,24)21-10-4-5-11-21/h2-3,6-9,12H,4-5,10-11H2,1H3,(H,20,22). The Balaban J connectivity index is 1.91. The number of thioether (sulfide) groups is 1. The van der Waals surface area contributed by atoms with Crippen LogP contribution in [0.15, 0.2) is 52.3 Å². The number of nitrogens with one attached hydrogen (secondary N) is 1. The minimum atomic E-state index is -3.61. The van der Waals surface area contributed by atoms with Crippen LogP contribution in [0.2, 0.25) is 5.02 Å².